The van der Waals surface area contributed by atoms with Gasteiger partial charge >= 0.3 is 5.97 Å². The molecule has 1 atom stereocenters. The molecule has 2 heterocycles. The van der Waals surface area contributed by atoms with Crippen LogP contribution in [-0.4, -0.2) is 58.0 Å². The molecule has 0 spiro atoms. The van der Waals surface area contributed by atoms with Gasteiger partial charge in [-0.2, -0.15) is 0 Å². The summed E-state index contributed by atoms with van der Waals surface area (Å²) in [6, 6.07) is 7.05. The highest BCUT2D eigenvalue weighted by Crippen LogP contribution is 2.38. The Morgan fingerprint density at radius 1 is 0.917 bits per heavy atom. The molecule has 1 aliphatic carbocycles. The van der Waals surface area contributed by atoms with E-state index >= 15 is 4.39 Å². The number of alkyl halides is 1. The van der Waals surface area contributed by atoms with Crippen molar-refractivity contribution in [1.29, 1.82) is 0 Å². The van der Waals surface area contributed by atoms with Crippen LogP contribution in [0.25, 0.3) is 5.57 Å². The second kappa shape index (κ2) is 9.00. The van der Waals surface area contributed by atoms with Crippen LogP contribution in [0.5, 0.6) is 0 Å². The molecule has 1 saturated heterocycles. The van der Waals surface area contributed by atoms with Gasteiger partial charge in [-0.3, -0.25) is 0 Å². The van der Waals surface area contributed by atoms with E-state index in [1.54, 1.807) is 36.4 Å². The summed E-state index contributed by atoms with van der Waals surface area (Å²) in [5.74, 6) is -5.59. The summed E-state index contributed by atoms with van der Waals surface area (Å²) >= 11 is 0. The fraction of sp³-hybridized carbons (Fsp3) is 0.250. The fourth-order valence-corrected chi connectivity index (χ4v) is 4.74. The van der Waals surface area contributed by atoms with Crippen molar-refractivity contribution < 1.29 is 36.6 Å². The van der Waals surface area contributed by atoms with Gasteiger partial charge in [0.2, 0.25) is 11.9 Å². The molecule has 0 bridgehead atoms. The number of allylic oxidation sites excluding steroid dienone is 5. The first kappa shape index (κ1) is 23.9. The number of rotatable bonds is 4. The molecule has 0 amide bonds. The van der Waals surface area contributed by atoms with Gasteiger partial charge in [-0.15, -0.1) is 0 Å². The second-order valence-electron chi connectivity index (χ2n) is 9.37. The molecule has 0 saturated carbocycles. The monoisotopic (exact) mass is 496 g/mol. The first-order valence-corrected chi connectivity index (χ1v) is 11.6. The Balaban J connectivity index is 1.72. The van der Waals surface area contributed by atoms with Gasteiger partial charge in [-0.05, 0) is 49.3 Å². The molecule has 4 nitrogen and oxygen atoms in total. The summed E-state index contributed by atoms with van der Waals surface area (Å²) in [5.41, 5.74) is 0.466. The van der Waals surface area contributed by atoms with Crippen molar-refractivity contribution in [2.75, 3.05) is 19.6 Å². The first-order valence-electron chi connectivity index (χ1n) is 11.6. The van der Waals surface area contributed by atoms with Crippen LogP contribution in [0, 0.1) is 30.3 Å². The Bertz CT molecular complexity index is 1420. The molecule has 1 fully saturated rings. The van der Waals surface area contributed by atoms with E-state index in [0.29, 0.717) is 17.1 Å². The second-order valence-corrected chi connectivity index (χ2v) is 9.37. The van der Waals surface area contributed by atoms with E-state index < -0.39 is 46.3 Å². The smallest absolute Gasteiger partial charge is 0.339 e. The lowest BCUT2D eigenvalue weighted by Gasteiger charge is -2.21. The lowest BCUT2D eigenvalue weighted by atomic mass is 9.86. The molecule has 2 aromatic carbocycles. The molecule has 1 N–H and O–H groups in total. The van der Waals surface area contributed by atoms with Crippen molar-refractivity contribution in [3.63, 3.8) is 0 Å². The maximum atomic E-state index is 15.6. The third-order valence-corrected chi connectivity index (χ3v) is 6.77. The standard InChI is InChI=1S/C28H23F4N2O2/c1-15-11-33(12-15)20-7-3-17(4-8-20)22(18-5-9-21(10-6-18)34-13-19(29)14-34)23-24(28(35)36)27(32)26(31)16(2)25(23)30/h3-11,15,19H,12-14H2,1-2H3/q+1/p+1. The Hall–Kier alpha value is -3.81. The van der Waals surface area contributed by atoms with Crippen molar-refractivity contribution in [3.8, 4) is 0 Å². The summed E-state index contributed by atoms with van der Waals surface area (Å²) in [6.07, 6.45) is 7.91. The third kappa shape index (κ3) is 4.00. The highest BCUT2D eigenvalue weighted by atomic mass is 19.2. The van der Waals surface area contributed by atoms with E-state index in [2.05, 4.69) is 17.7 Å². The summed E-state index contributed by atoms with van der Waals surface area (Å²) in [6.45, 7) is 4.56. The van der Waals surface area contributed by atoms with Gasteiger partial charge in [0.05, 0.1) is 5.92 Å². The summed E-state index contributed by atoms with van der Waals surface area (Å²) < 4.78 is 62.0. The van der Waals surface area contributed by atoms with Crippen molar-refractivity contribution >= 4 is 29.2 Å². The molecule has 0 aromatic heterocycles. The molecule has 1 unspecified atom stereocenters. The van der Waals surface area contributed by atoms with Crippen LogP contribution in [-0.2, 0) is 0 Å². The number of carboxylic acid groups (broad SMARTS) is 1. The summed E-state index contributed by atoms with van der Waals surface area (Å²) in [7, 11) is 0. The van der Waals surface area contributed by atoms with Gasteiger partial charge < -0.3 is 5.11 Å². The van der Waals surface area contributed by atoms with E-state index in [0.717, 1.165) is 24.9 Å². The van der Waals surface area contributed by atoms with Gasteiger partial charge in [0.25, 0.3) is 0 Å². The van der Waals surface area contributed by atoms with Gasteiger partial charge in [-0.25, -0.2) is 31.5 Å². The van der Waals surface area contributed by atoms with E-state index in [-0.39, 0.29) is 18.7 Å². The summed E-state index contributed by atoms with van der Waals surface area (Å²) in [4.78, 5) is 12.0. The molecule has 8 heteroatoms. The number of hydrogen-bond donors (Lipinski definition) is 1. The van der Waals surface area contributed by atoms with Gasteiger partial charge in [0.15, 0.2) is 43.2 Å². The SMILES string of the molecule is Cc1c(F)c(F)c(C(=O)O)c(C(=C2C=CC(=[N+]3CC(F)C3)C=C2)c2ccc([N+]3=CC(C)C3)cc2)c1F. The minimum Gasteiger partial charge on any atom is -0.478 e. The molecule has 36 heavy (non-hydrogen) atoms. The normalized spacial score (nSPS) is 20.7. The number of aromatic carboxylic acids is 1. The highest BCUT2D eigenvalue weighted by Gasteiger charge is 2.34. The van der Waals surface area contributed by atoms with Crippen LogP contribution in [0.4, 0.5) is 23.2 Å². The third-order valence-electron chi connectivity index (χ3n) is 6.77. The molecule has 184 valence electrons. The molecule has 2 aliphatic heterocycles. The fourth-order valence-electron chi connectivity index (χ4n) is 4.74. The number of halogens is 4. The molecule has 5 rings (SSSR count). The Morgan fingerprint density at radius 2 is 1.53 bits per heavy atom. The minimum atomic E-state index is -1.77. The number of benzene rings is 2. The number of nitrogens with zero attached hydrogens (tertiary/aromatic N) is 2. The largest absolute Gasteiger partial charge is 0.478 e. The van der Waals surface area contributed by atoms with Crippen LogP contribution in [0.1, 0.15) is 34.0 Å². The van der Waals surface area contributed by atoms with Crippen molar-refractivity contribution in [2.24, 2.45) is 5.92 Å². The maximum absolute atomic E-state index is 15.6. The van der Waals surface area contributed by atoms with E-state index in [1.807, 2.05) is 16.7 Å². The van der Waals surface area contributed by atoms with Gasteiger partial charge in [0, 0.05) is 41.0 Å². The van der Waals surface area contributed by atoms with Crippen LogP contribution < -0.4 is 0 Å². The number of hydrogen-bond acceptors (Lipinski definition) is 1. The van der Waals surface area contributed by atoms with Crippen LogP contribution >= 0.6 is 0 Å². The van der Waals surface area contributed by atoms with E-state index in [9.17, 15) is 23.1 Å². The van der Waals surface area contributed by atoms with E-state index in [1.165, 1.54) is 0 Å². The summed E-state index contributed by atoms with van der Waals surface area (Å²) in [5, 5.41) is 9.75. The van der Waals surface area contributed by atoms with Crippen LogP contribution in [0.3, 0.4) is 0 Å². The lowest BCUT2D eigenvalue weighted by molar-refractivity contribution is -0.599. The predicted octanol–water partition coefficient (Wildman–Crippen LogP) is 5.21. The predicted molar refractivity (Wildman–Crippen MR) is 129 cm³/mol. The van der Waals surface area contributed by atoms with Crippen molar-refractivity contribution in [3.05, 3.63) is 93.8 Å². The van der Waals surface area contributed by atoms with Gasteiger partial charge in [0.1, 0.15) is 11.4 Å². The van der Waals surface area contributed by atoms with Crippen LogP contribution in [0.15, 0.2) is 54.1 Å². The number of carbonyl (C=O) groups is 1. The topological polar surface area (TPSA) is 43.3 Å². The molecule has 2 aromatic rings. The molecule has 0 radical (unpaired) electrons. The lowest BCUT2D eigenvalue weighted by Crippen LogP contribution is -2.44. The van der Waals surface area contributed by atoms with Crippen molar-refractivity contribution in [2.45, 2.75) is 20.0 Å². The maximum Gasteiger partial charge on any atom is 0.339 e. The van der Waals surface area contributed by atoms with E-state index in [4.69, 9.17) is 0 Å². The van der Waals surface area contributed by atoms with Gasteiger partial charge in [-0.1, -0.05) is 0 Å². The van der Waals surface area contributed by atoms with Crippen LogP contribution in [0.2, 0.25) is 0 Å². The molecular formula is C28H24F4N2O2+2. The zero-order valence-electron chi connectivity index (χ0n) is 19.7. The minimum absolute atomic E-state index is 0.123. The Morgan fingerprint density at radius 3 is 2.06 bits per heavy atom. The highest BCUT2D eigenvalue weighted by molar-refractivity contribution is 6.05. The average molecular weight is 497 g/mol. The zero-order valence-corrected chi connectivity index (χ0v) is 19.7. The Labute approximate surface area is 205 Å². The number of carboxylic acids is 1. The average Bonchev–Trinajstić information content (AvgIpc) is 2.83. The Kier molecular flexibility index (Phi) is 5.98. The van der Waals surface area contributed by atoms with Crippen molar-refractivity contribution in [1.82, 2.24) is 0 Å². The molecular weight excluding hydrogens is 472 g/mol. The zero-order chi connectivity index (χ0) is 25.7. The molecule has 3 aliphatic rings. The quantitative estimate of drug-likeness (QED) is 0.359. The first-order chi connectivity index (χ1) is 17.2.